The Bertz CT molecular complexity index is 148. The van der Waals surface area contributed by atoms with Crippen LogP contribution >= 0.6 is 0 Å². The van der Waals surface area contributed by atoms with Crippen molar-refractivity contribution < 1.29 is 9.53 Å². The predicted octanol–water partition coefficient (Wildman–Crippen LogP) is 1.57. The van der Waals surface area contributed by atoms with E-state index in [-0.39, 0.29) is 11.9 Å². The van der Waals surface area contributed by atoms with E-state index in [1.54, 1.807) is 0 Å². The van der Waals surface area contributed by atoms with Gasteiger partial charge in [0.1, 0.15) is 0 Å². The third kappa shape index (κ3) is 5.64. The van der Waals surface area contributed by atoms with Gasteiger partial charge >= 0.3 is 5.97 Å². The molecule has 0 aromatic carbocycles. The summed E-state index contributed by atoms with van der Waals surface area (Å²) < 4.78 is 4.63. The molecule has 0 aromatic rings. The molecule has 0 aliphatic carbocycles. The molecule has 0 heterocycles. The van der Waals surface area contributed by atoms with Crippen molar-refractivity contribution in [3.05, 3.63) is 0 Å². The first-order valence-corrected chi connectivity index (χ1v) is 4.93. The van der Waals surface area contributed by atoms with Gasteiger partial charge in [0.25, 0.3) is 0 Å². The fourth-order valence-corrected chi connectivity index (χ4v) is 1.20. The van der Waals surface area contributed by atoms with Gasteiger partial charge in [0.15, 0.2) is 0 Å². The zero-order valence-electron chi connectivity index (χ0n) is 9.09. The van der Waals surface area contributed by atoms with E-state index in [4.69, 9.17) is 0 Å². The molecule has 78 valence electrons. The second kappa shape index (κ2) is 6.89. The third-order valence-corrected chi connectivity index (χ3v) is 2.10. The van der Waals surface area contributed by atoms with Gasteiger partial charge in [-0.25, -0.2) is 0 Å². The van der Waals surface area contributed by atoms with Gasteiger partial charge in [-0.3, -0.25) is 4.79 Å². The molecular weight excluding hydrogens is 166 g/mol. The molecule has 3 nitrogen and oxygen atoms in total. The zero-order valence-corrected chi connectivity index (χ0v) is 9.09. The van der Waals surface area contributed by atoms with Crippen molar-refractivity contribution in [2.45, 2.75) is 39.7 Å². The Morgan fingerprint density at radius 3 is 2.54 bits per heavy atom. The van der Waals surface area contributed by atoms with Crippen LogP contribution in [0.25, 0.3) is 0 Å². The molecule has 0 aromatic heterocycles. The highest BCUT2D eigenvalue weighted by Crippen LogP contribution is 1.99. The van der Waals surface area contributed by atoms with Gasteiger partial charge in [0.2, 0.25) is 0 Å². The minimum absolute atomic E-state index is 0.0516. The van der Waals surface area contributed by atoms with E-state index in [0.29, 0.717) is 12.6 Å². The maximum Gasteiger partial charge on any atom is 0.309 e. The summed E-state index contributed by atoms with van der Waals surface area (Å²) in [5.74, 6) is -0.194. The minimum atomic E-state index is -0.142. The van der Waals surface area contributed by atoms with Gasteiger partial charge < -0.3 is 10.1 Å². The summed E-state index contributed by atoms with van der Waals surface area (Å²) in [6.07, 6.45) is 2.31. The molecule has 0 saturated heterocycles. The van der Waals surface area contributed by atoms with Gasteiger partial charge in [0, 0.05) is 12.6 Å². The van der Waals surface area contributed by atoms with Gasteiger partial charge in [-0.15, -0.1) is 0 Å². The molecule has 0 saturated carbocycles. The van der Waals surface area contributed by atoms with Crippen LogP contribution in [0.2, 0.25) is 0 Å². The molecule has 0 fully saturated rings. The van der Waals surface area contributed by atoms with Crippen LogP contribution in [0.5, 0.6) is 0 Å². The van der Waals surface area contributed by atoms with E-state index in [9.17, 15) is 4.79 Å². The fraction of sp³-hybridized carbons (Fsp3) is 0.900. The van der Waals surface area contributed by atoms with Crippen LogP contribution in [0.15, 0.2) is 0 Å². The molecule has 13 heavy (non-hydrogen) atoms. The standard InChI is InChI=1S/C10H21NO2/c1-5-6-9(3)11-7-8(2)10(12)13-4/h8-9,11H,5-7H2,1-4H3/t8-,9+/m1/s1. The largest absolute Gasteiger partial charge is 0.469 e. The maximum absolute atomic E-state index is 11.0. The number of hydrogen-bond donors (Lipinski definition) is 1. The van der Waals surface area contributed by atoms with Crippen LogP contribution in [0.3, 0.4) is 0 Å². The molecule has 0 rings (SSSR count). The Hall–Kier alpha value is -0.570. The first-order valence-electron chi connectivity index (χ1n) is 4.93. The number of hydrogen-bond acceptors (Lipinski definition) is 3. The second-order valence-electron chi connectivity index (χ2n) is 3.52. The molecular formula is C10H21NO2. The summed E-state index contributed by atoms with van der Waals surface area (Å²) in [5.41, 5.74) is 0. The van der Waals surface area contributed by atoms with Gasteiger partial charge in [-0.1, -0.05) is 20.3 Å². The Kier molecular flexibility index (Phi) is 6.59. The summed E-state index contributed by atoms with van der Waals surface area (Å²) in [6.45, 7) is 6.86. The van der Waals surface area contributed by atoms with Crippen LogP contribution in [-0.2, 0) is 9.53 Å². The summed E-state index contributed by atoms with van der Waals surface area (Å²) >= 11 is 0. The number of nitrogens with one attached hydrogen (secondary N) is 1. The van der Waals surface area contributed by atoms with Crippen molar-refractivity contribution in [3.63, 3.8) is 0 Å². The first kappa shape index (κ1) is 12.4. The van der Waals surface area contributed by atoms with Crippen LogP contribution < -0.4 is 5.32 Å². The lowest BCUT2D eigenvalue weighted by Crippen LogP contribution is -2.33. The molecule has 0 aliphatic rings. The Balaban J connectivity index is 3.56. The molecule has 0 bridgehead atoms. The number of carbonyl (C=O) groups excluding carboxylic acids is 1. The number of esters is 1. The summed E-state index contributed by atoms with van der Waals surface area (Å²) in [5, 5.41) is 3.30. The highest BCUT2D eigenvalue weighted by atomic mass is 16.5. The lowest BCUT2D eigenvalue weighted by molar-refractivity contribution is -0.144. The number of carbonyl (C=O) groups is 1. The van der Waals surface area contributed by atoms with Crippen molar-refractivity contribution in [1.29, 1.82) is 0 Å². The summed E-state index contributed by atoms with van der Waals surface area (Å²) in [6, 6.07) is 0.483. The molecule has 1 N–H and O–H groups in total. The van der Waals surface area contributed by atoms with Crippen molar-refractivity contribution in [2.24, 2.45) is 5.92 Å². The second-order valence-corrected chi connectivity index (χ2v) is 3.52. The Morgan fingerprint density at radius 1 is 1.46 bits per heavy atom. The van der Waals surface area contributed by atoms with E-state index in [1.165, 1.54) is 13.5 Å². The molecule has 0 radical (unpaired) electrons. The van der Waals surface area contributed by atoms with E-state index in [1.807, 2.05) is 6.92 Å². The topological polar surface area (TPSA) is 38.3 Å². The van der Waals surface area contributed by atoms with Crippen molar-refractivity contribution in [1.82, 2.24) is 5.32 Å². The fourth-order valence-electron chi connectivity index (χ4n) is 1.20. The van der Waals surface area contributed by atoms with Crippen molar-refractivity contribution >= 4 is 5.97 Å². The Morgan fingerprint density at radius 2 is 2.08 bits per heavy atom. The van der Waals surface area contributed by atoms with Gasteiger partial charge in [0.05, 0.1) is 13.0 Å². The molecule has 0 unspecified atom stereocenters. The van der Waals surface area contributed by atoms with Gasteiger partial charge in [-0.05, 0) is 13.3 Å². The third-order valence-electron chi connectivity index (χ3n) is 2.10. The van der Waals surface area contributed by atoms with Crippen molar-refractivity contribution in [2.75, 3.05) is 13.7 Å². The summed E-state index contributed by atoms with van der Waals surface area (Å²) in [7, 11) is 1.42. The number of methoxy groups -OCH3 is 1. The van der Waals surface area contributed by atoms with Crippen LogP contribution in [0.4, 0.5) is 0 Å². The monoisotopic (exact) mass is 187 g/mol. The quantitative estimate of drug-likeness (QED) is 0.641. The lowest BCUT2D eigenvalue weighted by atomic mass is 10.1. The van der Waals surface area contributed by atoms with E-state index >= 15 is 0 Å². The zero-order chi connectivity index (χ0) is 10.3. The Labute approximate surface area is 80.8 Å². The molecule has 2 atom stereocenters. The first-order chi connectivity index (χ1) is 6.11. The molecule has 0 spiro atoms. The normalized spacial score (nSPS) is 15.1. The SMILES string of the molecule is CCC[C@H](C)NC[C@@H](C)C(=O)OC. The minimum Gasteiger partial charge on any atom is -0.469 e. The van der Waals surface area contributed by atoms with E-state index in [2.05, 4.69) is 23.9 Å². The van der Waals surface area contributed by atoms with Crippen molar-refractivity contribution in [3.8, 4) is 0 Å². The lowest BCUT2D eigenvalue weighted by Gasteiger charge is -2.15. The molecule has 3 heteroatoms. The number of rotatable bonds is 6. The average molecular weight is 187 g/mol. The highest BCUT2D eigenvalue weighted by molar-refractivity contribution is 5.72. The maximum atomic E-state index is 11.0. The molecule has 0 amide bonds. The van der Waals surface area contributed by atoms with Crippen LogP contribution in [0.1, 0.15) is 33.6 Å². The predicted molar refractivity (Wildman–Crippen MR) is 53.6 cm³/mol. The van der Waals surface area contributed by atoms with Gasteiger partial charge in [-0.2, -0.15) is 0 Å². The van der Waals surface area contributed by atoms with Crippen LogP contribution in [0, 0.1) is 5.92 Å². The summed E-state index contributed by atoms with van der Waals surface area (Å²) in [4.78, 5) is 11.0. The smallest absolute Gasteiger partial charge is 0.309 e. The number of ether oxygens (including phenoxy) is 1. The highest BCUT2D eigenvalue weighted by Gasteiger charge is 2.13. The van der Waals surface area contributed by atoms with E-state index < -0.39 is 0 Å². The molecule has 0 aliphatic heterocycles. The van der Waals surface area contributed by atoms with E-state index in [0.717, 1.165) is 6.42 Å². The van der Waals surface area contributed by atoms with Crippen LogP contribution in [-0.4, -0.2) is 25.7 Å². The average Bonchev–Trinajstić information content (AvgIpc) is 2.13.